The molecule has 0 aliphatic heterocycles. The van der Waals surface area contributed by atoms with Gasteiger partial charge in [-0.1, -0.05) is 12.1 Å². The van der Waals surface area contributed by atoms with Gasteiger partial charge in [-0.15, -0.1) is 0 Å². The Labute approximate surface area is 133 Å². The van der Waals surface area contributed by atoms with Crippen LogP contribution in [0, 0.1) is 0 Å². The molecule has 2 aromatic rings. The first-order valence-corrected chi connectivity index (χ1v) is 7.13. The molecule has 0 amide bonds. The zero-order valence-electron chi connectivity index (χ0n) is 13.3. The summed E-state index contributed by atoms with van der Waals surface area (Å²) in [5, 5.41) is 0. The molecular formula is C16H19F3N4. The van der Waals surface area contributed by atoms with E-state index in [1.807, 2.05) is 30.9 Å². The molecule has 23 heavy (non-hydrogen) atoms. The molecule has 0 saturated carbocycles. The third kappa shape index (κ3) is 4.66. The van der Waals surface area contributed by atoms with Crippen molar-refractivity contribution in [3.63, 3.8) is 0 Å². The molecule has 0 bridgehead atoms. The molecule has 0 spiro atoms. The van der Waals surface area contributed by atoms with Gasteiger partial charge in [0.2, 0.25) is 0 Å². The van der Waals surface area contributed by atoms with Crippen molar-refractivity contribution in [1.82, 2.24) is 14.9 Å². The topological polar surface area (TPSA) is 32.3 Å². The van der Waals surface area contributed by atoms with E-state index in [0.717, 1.165) is 25.2 Å². The largest absolute Gasteiger partial charge is 0.416 e. The van der Waals surface area contributed by atoms with Crippen LogP contribution in [0.15, 0.2) is 36.7 Å². The molecule has 0 aliphatic rings. The Morgan fingerprint density at radius 2 is 1.78 bits per heavy atom. The van der Waals surface area contributed by atoms with Crippen LogP contribution in [0.4, 0.5) is 19.0 Å². The monoisotopic (exact) mass is 324 g/mol. The third-order valence-electron chi connectivity index (χ3n) is 3.38. The molecule has 1 aromatic carbocycles. The number of hydrogen-bond donors (Lipinski definition) is 0. The lowest BCUT2D eigenvalue weighted by molar-refractivity contribution is -0.137. The lowest BCUT2D eigenvalue weighted by Gasteiger charge is -2.20. The zero-order valence-corrected chi connectivity index (χ0v) is 13.3. The minimum absolute atomic E-state index is 0.398. The Hall–Kier alpha value is -2.15. The Kier molecular flexibility index (Phi) is 5.20. The van der Waals surface area contributed by atoms with Crippen molar-refractivity contribution >= 4 is 5.82 Å². The van der Waals surface area contributed by atoms with Crippen molar-refractivity contribution < 1.29 is 13.2 Å². The molecule has 0 fully saturated rings. The summed E-state index contributed by atoms with van der Waals surface area (Å²) in [6, 6.07) is 5.11. The molecule has 0 aliphatic carbocycles. The van der Waals surface area contributed by atoms with Crippen molar-refractivity contribution in [1.29, 1.82) is 0 Å². The van der Waals surface area contributed by atoms with Crippen molar-refractivity contribution in [3.8, 4) is 11.3 Å². The van der Waals surface area contributed by atoms with E-state index in [9.17, 15) is 13.2 Å². The summed E-state index contributed by atoms with van der Waals surface area (Å²) in [5.41, 5.74) is 0.128. The highest BCUT2D eigenvalue weighted by Gasteiger charge is 2.30. The molecule has 0 N–H and O–H groups in total. The molecule has 7 heteroatoms. The van der Waals surface area contributed by atoms with Gasteiger partial charge >= 0.3 is 6.18 Å². The molecule has 1 heterocycles. The van der Waals surface area contributed by atoms with Crippen molar-refractivity contribution in [2.75, 3.05) is 39.1 Å². The smallest absolute Gasteiger partial charge is 0.357 e. The lowest BCUT2D eigenvalue weighted by Crippen LogP contribution is -2.29. The molecule has 0 radical (unpaired) electrons. The quantitative estimate of drug-likeness (QED) is 0.846. The number of aromatic nitrogens is 2. The number of alkyl halides is 3. The minimum atomic E-state index is -4.37. The highest BCUT2D eigenvalue weighted by atomic mass is 19.4. The summed E-state index contributed by atoms with van der Waals surface area (Å²) in [4.78, 5) is 12.5. The van der Waals surface area contributed by atoms with Crippen molar-refractivity contribution in [3.05, 3.63) is 42.2 Å². The maximum absolute atomic E-state index is 12.8. The predicted molar refractivity (Wildman–Crippen MR) is 84.3 cm³/mol. The fourth-order valence-electron chi connectivity index (χ4n) is 2.00. The third-order valence-corrected chi connectivity index (χ3v) is 3.38. The van der Waals surface area contributed by atoms with E-state index in [1.165, 1.54) is 12.3 Å². The maximum atomic E-state index is 12.8. The number of rotatable bonds is 5. The number of halogens is 3. The van der Waals surface area contributed by atoms with Gasteiger partial charge < -0.3 is 9.80 Å². The molecule has 0 atom stereocenters. The molecule has 2 rings (SSSR count). The lowest BCUT2D eigenvalue weighted by atomic mass is 10.1. The van der Waals surface area contributed by atoms with Crippen LogP contribution < -0.4 is 4.90 Å². The van der Waals surface area contributed by atoms with Crippen molar-refractivity contribution in [2.45, 2.75) is 6.18 Å². The van der Waals surface area contributed by atoms with Gasteiger partial charge in [0, 0.05) is 25.7 Å². The summed E-state index contributed by atoms with van der Waals surface area (Å²) in [6.45, 7) is 1.58. The van der Waals surface area contributed by atoms with Crippen molar-refractivity contribution in [2.24, 2.45) is 0 Å². The standard InChI is InChI=1S/C16H19F3N4/c1-22(2)7-8-23(3)15-11-20-10-14(21-15)12-5-4-6-13(9-12)16(17,18)19/h4-6,9-11H,7-8H2,1-3H3. The van der Waals surface area contributed by atoms with E-state index in [0.29, 0.717) is 17.1 Å². The van der Waals surface area contributed by atoms with E-state index in [2.05, 4.69) is 9.97 Å². The second-order valence-electron chi connectivity index (χ2n) is 5.57. The Morgan fingerprint density at radius 1 is 1.04 bits per heavy atom. The highest BCUT2D eigenvalue weighted by molar-refractivity contribution is 5.61. The van der Waals surface area contributed by atoms with E-state index >= 15 is 0 Å². The molecule has 4 nitrogen and oxygen atoms in total. The van der Waals surface area contributed by atoms with E-state index in [-0.39, 0.29) is 0 Å². The highest BCUT2D eigenvalue weighted by Crippen LogP contribution is 2.31. The van der Waals surface area contributed by atoms with Crippen LogP contribution in [-0.4, -0.2) is 49.1 Å². The number of nitrogens with zero attached hydrogens (tertiary/aromatic N) is 4. The van der Waals surface area contributed by atoms with Gasteiger partial charge in [0.05, 0.1) is 23.7 Å². The first kappa shape index (κ1) is 17.2. The van der Waals surface area contributed by atoms with Gasteiger partial charge in [0.1, 0.15) is 5.82 Å². The van der Waals surface area contributed by atoms with Crippen LogP contribution >= 0.6 is 0 Å². The summed E-state index contributed by atoms with van der Waals surface area (Å²) in [5.74, 6) is 0.627. The van der Waals surface area contributed by atoms with E-state index < -0.39 is 11.7 Å². The van der Waals surface area contributed by atoms with Gasteiger partial charge in [-0.3, -0.25) is 4.98 Å². The molecular weight excluding hydrogens is 305 g/mol. The van der Waals surface area contributed by atoms with Crippen LogP contribution in [0.3, 0.4) is 0 Å². The van der Waals surface area contributed by atoms with Crippen LogP contribution in [0.25, 0.3) is 11.3 Å². The second-order valence-corrected chi connectivity index (χ2v) is 5.57. The average Bonchev–Trinajstić information content (AvgIpc) is 2.52. The molecule has 124 valence electrons. The maximum Gasteiger partial charge on any atom is 0.416 e. The van der Waals surface area contributed by atoms with Gasteiger partial charge in [-0.25, -0.2) is 4.98 Å². The van der Waals surface area contributed by atoms with Gasteiger partial charge in [-0.2, -0.15) is 13.2 Å². The number of hydrogen-bond acceptors (Lipinski definition) is 4. The number of benzene rings is 1. The minimum Gasteiger partial charge on any atom is -0.357 e. The Morgan fingerprint density at radius 3 is 2.43 bits per heavy atom. The number of anilines is 1. The summed E-state index contributed by atoms with van der Waals surface area (Å²) < 4.78 is 38.5. The van der Waals surface area contributed by atoms with Crippen LogP contribution in [0.5, 0.6) is 0 Å². The van der Waals surface area contributed by atoms with Gasteiger partial charge in [0.25, 0.3) is 0 Å². The fraction of sp³-hybridized carbons (Fsp3) is 0.375. The van der Waals surface area contributed by atoms with Gasteiger partial charge in [0.15, 0.2) is 0 Å². The number of likely N-dealkylation sites (N-methyl/N-ethyl adjacent to an activating group) is 2. The van der Waals surface area contributed by atoms with E-state index in [1.54, 1.807) is 12.3 Å². The normalized spacial score (nSPS) is 11.8. The summed E-state index contributed by atoms with van der Waals surface area (Å²) in [7, 11) is 5.82. The van der Waals surface area contributed by atoms with E-state index in [4.69, 9.17) is 0 Å². The second kappa shape index (κ2) is 6.95. The Bertz CT molecular complexity index is 656. The van der Waals surface area contributed by atoms with Crippen LogP contribution in [0.1, 0.15) is 5.56 Å². The summed E-state index contributed by atoms with van der Waals surface area (Å²) in [6.07, 6.45) is -1.30. The Balaban J connectivity index is 2.26. The van der Waals surface area contributed by atoms with Crippen LogP contribution in [-0.2, 0) is 6.18 Å². The first-order chi connectivity index (χ1) is 10.8. The summed E-state index contributed by atoms with van der Waals surface area (Å²) >= 11 is 0. The average molecular weight is 324 g/mol. The first-order valence-electron chi connectivity index (χ1n) is 7.13. The van der Waals surface area contributed by atoms with Crippen LogP contribution in [0.2, 0.25) is 0 Å². The van der Waals surface area contributed by atoms with Gasteiger partial charge in [-0.05, 0) is 26.2 Å². The SMILES string of the molecule is CN(C)CCN(C)c1cncc(-c2cccc(C(F)(F)F)c2)n1. The molecule has 0 unspecified atom stereocenters. The fourth-order valence-corrected chi connectivity index (χ4v) is 2.00. The molecule has 1 aromatic heterocycles. The molecule has 0 saturated heterocycles. The zero-order chi connectivity index (χ0) is 17.0. The predicted octanol–water partition coefficient (Wildman–Crippen LogP) is 3.16.